The highest BCUT2D eigenvalue weighted by Crippen LogP contribution is 2.12. The average molecular weight is 567 g/mol. The van der Waals surface area contributed by atoms with Crippen LogP contribution in [0.1, 0.15) is 92.4 Å². The molecule has 0 aliphatic carbocycles. The number of hydrazine groups is 2. The van der Waals surface area contributed by atoms with Crippen LogP contribution in [0.5, 0.6) is 0 Å². The van der Waals surface area contributed by atoms with Gasteiger partial charge in [-0.3, -0.25) is 50.5 Å². The van der Waals surface area contributed by atoms with E-state index in [1.165, 1.54) is 24.3 Å². The molecular formula is C29H38N6O6. The molecule has 0 radical (unpaired) electrons. The lowest BCUT2D eigenvalue weighted by molar-refractivity contribution is -0.123. The summed E-state index contributed by atoms with van der Waals surface area (Å²) in [7, 11) is 0. The molecule has 41 heavy (non-hydrogen) atoms. The lowest BCUT2D eigenvalue weighted by atomic mass is 10.2. The Labute approximate surface area is 239 Å². The highest BCUT2D eigenvalue weighted by Gasteiger charge is 2.11. The van der Waals surface area contributed by atoms with Crippen LogP contribution in [-0.4, -0.2) is 35.4 Å². The lowest BCUT2D eigenvalue weighted by Crippen LogP contribution is -2.42. The Kier molecular flexibility index (Phi) is 14.1. The molecule has 0 bridgehead atoms. The van der Waals surface area contributed by atoms with Crippen molar-refractivity contribution in [2.75, 3.05) is 10.6 Å². The number of benzene rings is 2. The van der Waals surface area contributed by atoms with Gasteiger partial charge in [-0.1, -0.05) is 26.7 Å². The zero-order valence-corrected chi connectivity index (χ0v) is 23.4. The first kappa shape index (κ1) is 32.5. The van der Waals surface area contributed by atoms with E-state index < -0.39 is 23.6 Å². The third-order valence-corrected chi connectivity index (χ3v) is 5.82. The second kappa shape index (κ2) is 17.8. The van der Waals surface area contributed by atoms with Crippen molar-refractivity contribution in [1.29, 1.82) is 0 Å². The summed E-state index contributed by atoms with van der Waals surface area (Å²) in [5.74, 6) is -2.23. The largest absolute Gasteiger partial charge is 0.326 e. The van der Waals surface area contributed by atoms with E-state index in [9.17, 15) is 28.8 Å². The Balaban J connectivity index is 1.63. The van der Waals surface area contributed by atoms with Crippen molar-refractivity contribution < 1.29 is 28.8 Å². The zero-order chi connectivity index (χ0) is 30.0. The summed E-state index contributed by atoms with van der Waals surface area (Å²) in [6.07, 6.45) is 4.41. The minimum absolute atomic E-state index is 0.0319. The van der Waals surface area contributed by atoms with Crippen LogP contribution in [0.25, 0.3) is 0 Å². The summed E-state index contributed by atoms with van der Waals surface area (Å²) in [5.41, 5.74) is 10.9. The molecule has 0 aromatic heterocycles. The van der Waals surface area contributed by atoms with Crippen LogP contribution in [0, 0.1) is 0 Å². The SMILES string of the molecule is CCCCC(=O)Nc1ccc(C(=O)NNC(=O)CCCC(=O)NNC(=O)c2ccc(NC(=O)CCCC)cc2)cc1. The van der Waals surface area contributed by atoms with Gasteiger partial charge in [0.25, 0.3) is 11.8 Å². The number of carbonyl (C=O) groups is 6. The van der Waals surface area contributed by atoms with Crippen molar-refractivity contribution in [1.82, 2.24) is 21.7 Å². The first-order valence-electron chi connectivity index (χ1n) is 13.7. The molecule has 0 heterocycles. The number of hydrogen-bond acceptors (Lipinski definition) is 6. The van der Waals surface area contributed by atoms with Crippen molar-refractivity contribution >= 4 is 46.8 Å². The van der Waals surface area contributed by atoms with Gasteiger partial charge in [0.1, 0.15) is 0 Å². The van der Waals surface area contributed by atoms with Crippen LogP contribution in [0.3, 0.4) is 0 Å². The number of nitrogens with one attached hydrogen (secondary N) is 6. The fourth-order valence-corrected chi connectivity index (χ4v) is 3.46. The smallest absolute Gasteiger partial charge is 0.269 e. The van der Waals surface area contributed by atoms with Gasteiger partial charge in [0.15, 0.2) is 0 Å². The molecule has 2 aromatic rings. The quantitative estimate of drug-likeness (QED) is 0.191. The minimum Gasteiger partial charge on any atom is -0.326 e. The molecule has 0 unspecified atom stereocenters. The Morgan fingerprint density at radius 2 is 0.805 bits per heavy atom. The summed E-state index contributed by atoms with van der Waals surface area (Å²) in [5, 5.41) is 5.51. The van der Waals surface area contributed by atoms with E-state index in [2.05, 4.69) is 32.3 Å². The van der Waals surface area contributed by atoms with Gasteiger partial charge in [0.05, 0.1) is 0 Å². The summed E-state index contributed by atoms with van der Waals surface area (Å²) in [4.78, 5) is 72.1. The molecule has 0 spiro atoms. The standard InChI is InChI=1S/C29H38N6O6/c1-3-5-8-24(36)30-22-16-12-20(13-17-22)28(40)34-32-26(38)10-7-11-27(39)33-35-29(41)21-14-18-23(19-15-21)31-25(37)9-6-4-2/h12-19H,3-11H2,1-2H3,(H,30,36)(H,31,37)(H,32,38)(H,33,39)(H,34,40)(H,35,41). The Morgan fingerprint density at radius 1 is 0.463 bits per heavy atom. The van der Waals surface area contributed by atoms with Crippen molar-refractivity contribution in [3.8, 4) is 0 Å². The van der Waals surface area contributed by atoms with Crippen LogP contribution in [0.4, 0.5) is 11.4 Å². The normalized spacial score (nSPS) is 10.2. The maximum atomic E-state index is 12.2. The maximum absolute atomic E-state index is 12.2. The fraction of sp³-hybridized carbons (Fsp3) is 0.379. The first-order valence-corrected chi connectivity index (χ1v) is 13.7. The number of anilines is 2. The van der Waals surface area contributed by atoms with E-state index in [1.54, 1.807) is 24.3 Å². The van der Waals surface area contributed by atoms with Crippen molar-refractivity contribution in [2.45, 2.75) is 71.6 Å². The second-order valence-corrected chi connectivity index (χ2v) is 9.32. The number of amides is 6. The van der Waals surface area contributed by atoms with Gasteiger partial charge >= 0.3 is 0 Å². The molecule has 0 atom stereocenters. The van der Waals surface area contributed by atoms with Gasteiger partial charge in [-0.25, -0.2) is 0 Å². The van der Waals surface area contributed by atoms with Gasteiger partial charge in [0.2, 0.25) is 23.6 Å². The van der Waals surface area contributed by atoms with E-state index in [0.717, 1.165) is 25.7 Å². The second-order valence-electron chi connectivity index (χ2n) is 9.32. The van der Waals surface area contributed by atoms with Crippen LogP contribution in [0.2, 0.25) is 0 Å². The number of hydrogen-bond donors (Lipinski definition) is 6. The monoisotopic (exact) mass is 566 g/mol. The zero-order valence-electron chi connectivity index (χ0n) is 23.4. The van der Waals surface area contributed by atoms with E-state index in [0.29, 0.717) is 35.3 Å². The molecule has 0 aliphatic heterocycles. The van der Waals surface area contributed by atoms with E-state index in [-0.39, 0.29) is 31.1 Å². The van der Waals surface area contributed by atoms with Crippen LogP contribution >= 0.6 is 0 Å². The molecular weight excluding hydrogens is 528 g/mol. The summed E-state index contributed by atoms with van der Waals surface area (Å²) < 4.78 is 0. The van der Waals surface area contributed by atoms with Crippen molar-refractivity contribution in [3.05, 3.63) is 59.7 Å². The average Bonchev–Trinajstić information content (AvgIpc) is 2.97. The summed E-state index contributed by atoms with van der Waals surface area (Å²) in [6.45, 7) is 4.00. The molecule has 0 aliphatic rings. The van der Waals surface area contributed by atoms with Crippen LogP contribution in [0.15, 0.2) is 48.5 Å². The summed E-state index contributed by atoms with van der Waals surface area (Å²) in [6, 6.07) is 12.5. The van der Waals surface area contributed by atoms with Crippen molar-refractivity contribution in [3.63, 3.8) is 0 Å². The lowest BCUT2D eigenvalue weighted by Gasteiger charge is -2.10. The first-order chi connectivity index (χ1) is 19.7. The Hall–Kier alpha value is -4.74. The molecule has 6 amide bonds. The van der Waals surface area contributed by atoms with Gasteiger partial charge in [-0.15, -0.1) is 0 Å². The third-order valence-electron chi connectivity index (χ3n) is 5.82. The predicted molar refractivity (Wildman–Crippen MR) is 154 cm³/mol. The molecule has 6 N–H and O–H groups in total. The fourth-order valence-electron chi connectivity index (χ4n) is 3.46. The van der Waals surface area contributed by atoms with Gasteiger partial charge < -0.3 is 10.6 Å². The third kappa shape index (κ3) is 12.8. The maximum Gasteiger partial charge on any atom is 0.269 e. The minimum atomic E-state index is -0.533. The van der Waals surface area contributed by atoms with Gasteiger partial charge in [-0.05, 0) is 67.8 Å². The highest BCUT2D eigenvalue weighted by molar-refractivity contribution is 5.97. The Bertz CT molecular complexity index is 1100. The molecule has 2 rings (SSSR count). The van der Waals surface area contributed by atoms with E-state index >= 15 is 0 Å². The van der Waals surface area contributed by atoms with Crippen molar-refractivity contribution in [2.24, 2.45) is 0 Å². The molecule has 12 nitrogen and oxygen atoms in total. The van der Waals surface area contributed by atoms with E-state index in [1.807, 2.05) is 13.8 Å². The summed E-state index contributed by atoms with van der Waals surface area (Å²) >= 11 is 0. The molecule has 2 aromatic carbocycles. The topological polar surface area (TPSA) is 175 Å². The Morgan fingerprint density at radius 3 is 1.15 bits per heavy atom. The molecule has 12 heteroatoms. The molecule has 0 fully saturated rings. The number of carbonyl (C=O) groups excluding carboxylic acids is 6. The number of rotatable bonds is 14. The molecule has 0 saturated heterocycles. The van der Waals surface area contributed by atoms with Gasteiger partial charge in [-0.2, -0.15) is 0 Å². The number of unbranched alkanes of at least 4 members (excludes halogenated alkanes) is 2. The predicted octanol–water partition coefficient (Wildman–Crippen LogP) is 3.34. The molecule has 220 valence electrons. The van der Waals surface area contributed by atoms with Crippen LogP contribution in [-0.2, 0) is 19.2 Å². The molecule has 0 saturated carbocycles. The van der Waals surface area contributed by atoms with E-state index in [4.69, 9.17) is 0 Å². The van der Waals surface area contributed by atoms with Gasteiger partial charge in [0, 0.05) is 48.2 Å². The highest BCUT2D eigenvalue weighted by atomic mass is 16.2. The van der Waals surface area contributed by atoms with Crippen LogP contribution < -0.4 is 32.3 Å².